The number of rotatable bonds is 7. The highest BCUT2D eigenvalue weighted by Gasteiger charge is 2.34. The molecule has 0 saturated heterocycles. The van der Waals surface area contributed by atoms with Crippen molar-refractivity contribution in [2.75, 3.05) is 20.1 Å². The lowest BCUT2D eigenvalue weighted by Crippen LogP contribution is -2.46. The van der Waals surface area contributed by atoms with Crippen molar-refractivity contribution in [3.05, 3.63) is 16.1 Å². The topological polar surface area (TPSA) is 49.3 Å². The number of hydrogen-bond acceptors (Lipinski definition) is 3. The maximum atomic E-state index is 4.67. The van der Waals surface area contributed by atoms with Crippen LogP contribution in [0.25, 0.3) is 0 Å². The maximum Gasteiger partial charge on any atom is 0.191 e. The minimum Gasteiger partial charge on any atom is -0.356 e. The van der Waals surface area contributed by atoms with Gasteiger partial charge in [0.1, 0.15) is 0 Å². The highest BCUT2D eigenvalue weighted by molar-refractivity contribution is 7.09. The second-order valence-electron chi connectivity index (χ2n) is 6.64. The smallest absolute Gasteiger partial charge is 0.191 e. The van der Waals surface area contributed by atoms with Crippen LogP contribution in [0.2, 0.25) is 0 Å². The maximum absolute atomic E-state index is 4.67. The fourth-order valence-electron chi connectivity index (χ4n) is 2.84. The standard InChI is InChI=1S/C17H30N4S/c1-5-17(8-6-9-17)12-20-16(18-4)19-10-7-14-11-22-15(21-14)13(2)3/h11,13H,5-10,12H2,1-4H3,(H2,18,19,20). The molecule has 0 atom stereocenters. The zero-order valence-electron chi connectivity index (χ0n) is 14.4. The van der Waals surface area contributed by atoms with Crippen molar-refractivity contribution in [2.45, 2.75) is 58.8 Å². The van der Waals surface area contributed by atoms with Gasteiger partial charge in [-0.2, -0.15) is 0 Å². The van der Waals surface area contributed by atoms with Crippen LogP contribution in [0.15, 0.2) is 10.4 Å². The number of hydrogen-bond donors (Lipinski definition) is 2. The van der Waals surface area contributed by atoms with E-state index in [-0.39, 0.29) is 0 Å². The Bertz CT molecular complexity index is 483. The van der Waals surface area contributed by atoms with Crippen LogP contribution in [0.5, 0.6) is 0 Å². The monoisotopic (exact) mass is 322 g/mol. The molecule has 1 aromatic heterocycles. The predicted molar refractivity (Wildman–Crippen MR) is 95.8 cm³/mol. The van der Waals surface area contributed by atoms with E-state index in [1.807, 2.05) is 7.05 Å². The lowest BCUT2D eigenvalue weighted by atomic mass is 9.67. The summed E-state index contributed by atoms with van der Waals surface area (Å²) in [7, 11) is 1.84. The molecule has 2 N–H and O–H groups in total. The van der Waals surface area contributed by atoms with Crippen LogP contribution in [0.4, 0.5) is 0 Å². The summed E-state index contributed by atoms with van der Waals surface area (Å²) in [5.74, 6) is 1.44. The third-order valence-corrected chi connectivity index (χ3v) is 5.95. The molecular weight excluding hydrogens is 292 g/mol. The van der Waals surface area contributed by atoms with Gasteiger partial charge in [-0.3, -0.25) is 4.99 Å². The lowest BCUT2D eigenvalue weighted by Gasteiger charge is -2.41. The van der Waals surface area contributed by atoms with Crippen molar-refractivity contribution >= 4 is 17.3 Å². The first-order chi connectivity index (χ1) is 10.6. The average Bonchev–Trinajstić information content (AvgIpc) is 2.93. The summed E-state index contributed by atoms with van der Waals surface area (Å²) >= 11 is 1.76. The van der Waals surface area contributed by atoms with Gasteiger partial charge >= 0.3 is 0 Å². The Morgan fingerprint density at radius 2 is 2.18 bits per heavy atom. The fourth-order valence-corrected chi connectivity index (χ4v) is 3.71. The number of nitrogens with one attached hydrogen (secondary N) is 2. The molecule has 1 aliphatic carbocycles. The van der Waals surface area contributed by atoms with Gasteiger partial charge in [0.25, 0.3) is 0 Å². The van der Waals surface area contributed by atoms with E-state index in [2.05, 4.69) is 46.8 Å². The molecule has 0 aliphatic heterocycles. The molecule has 1 aliphatic rings. The highest BCUT2D eigenvalue weighted by atomic mass is 32.1. The molecule has 0 bridgehead atoms. The van der Waals surface area contributed by atoms with Crippen LogP contribution < -0.4 is 10.6 Å². The van der Waals surface area contributed by atoms with Crippen molar-refractivity contribution in [3.8, 4) is 0 Å². The fraction of sp³-hybridized carbons (Fsp3) is 0.765. The van der Waals surface area contributed by atoms with Crippen LogP contribution in [0.1, 0.15) is 63.1 Å². The van der Waals surface area contributed by atoms with Crippen molar-refractivity contribution in [3.63, 3.8) is 0 Å². The van der Waals surface area contributed by atoms with Crippen LogP contribution in [0.3, 0.4) is 0 Å². The minimum absolute atomic E-state index is 0.513. The van der Waals surface area contributed by atoms with E-state index in [9.17, 15) is 0 Å². The van der Waals surface area contributed by atoms with Gasteiger partial charge in [0.2, 0.25) is 0 Å². The number of aliphatic imine (C=N–C) groups is 1. The van der Waals surface area contributed by atoms with Crippen LogP contribution in [-0.2, 0) is 6.42 Å². The van der Waals surface area contributed by atoms with E-state index in [4.69, 9.17) is 0 Å². The molecule has 1 fully saturated rings. The molecule has 0 unspecified atom stereocenters. The summed E-state index contributed by atoms with van der Waals surface area (Å²) in [4.78, 5) is 9.00. The Morgan fingerprint density at radius 3 is 2.68 bits per heavy atom. The Morgan fingerprint density at radius 1 is 1.41 bits per heavy atom. The number of aromatic nitrogens is 1. The molecule has 0 radical (unpaired) electrons. The van der Waals surface area contributed by atoms with E-state index in [0.29, 0.717) is 11.3 Å². The lowest BCUT2D eigenvalue weighted by molar-refractivity contribution is 0.131. The average molecular weight is 323 g/mol. The highest BCUT2D eigenvalue weighted by Crippen LogP contribution is 2.42. The molecule has 0 aromatic carbocycles. The minimum atomic E-state index is 0.513. The van der Waals surface area contributed by atoms with E-state index >= 15 is 0 Å². The first-order valence-electron chi connectivity index (χ1n) is 8.47. The van der Waals surface area contributed by atoms with Crippen LogP contribution in [-0.4, -0.2) is 31.1 Å². The summed E-state index contributed by atoms with van der Waals surface area (Å²) in [5.41, 5.74) is 1.69. The zero-order valence-corrected chi connectivity index (χ0v) is 15.2. The molecule has 5 heteroatoms. The van der Waals surface area contributed by atoms with Crippen molar-refractivity contribution in [2.24, 2.45) is 10.4 Å². The van der Waals surface area contributed by atoms with Gasteiger partial charge in [0.15, 0.2) is 5.96 Å². The van der Waals surface area contributed by atoms with Gasteiger partial charge in [-0.05, 0) is 24.7 Å². The van der Waals surface area contributed by atoms with Crippen molar-refractivity contribution < 1.29 is 0 Å². The van der Waals surface area contributed by atoms with E-state index in [1.54, 1.807) is 11.3 Å². The largest absolute Gasteiger partial charge is 0.356 e. The molecule has 4 nitrogen and oxygen atoms in total. The molecule has 0 spiro atoms. The summed E-state index contributed by atoms with van der Waals surface area (Å²) in [6.45, 7) is 8.59. The number of thiazole rings is 1. The molecule has 1 aromatic rings. The first kappa shape index (κ1) is 17.3. The molecule has 1 saturated carbocycles. The Labute approximate surface area is 138 Å². The Balaban J connectivity index is 1.72. The zero-order chi connectivity index (χ0) is 16.0. The number of nitrogens with zero attached hydrogens (tertiary/aromatic N) is 2. The van der Waals surface area contributed by atoms with Gasteiger partial charge in [-0.25, -0.2) is 4.98 Å². The van der Waals surface area contributed by atoms with Gasteiger partial charge < -0.3 is 10.6 Å². The third-order valence-electron chi connectivity index (χ3n) is 4.76. The quantitative estimate of drug-likeness (QED) is 0.596. The first-order valence-corrected chi connectivity index (χ1v) is 9.35. The second kappa shape index (κ2) is 7.95. The molecule has 124 valence electrons. The summed E-state index contributed by atoms with van der Waals surface area (Å²) < 4.78 is 0. The van der Waals surface area contributed by atoms with Crippen molar-refractivity contribution in [1.82, 2.24) is 15.6 Å². The molecule has 22 heavy (non-hydrogen) atoms. The Kier molecular flexibility index (Phi) is 6.24. The molecule has 1 heterocycles. The van der Waals surface area contributed by atoms with Crippen LogP contribution in [0, 0.1) is 5.41 Å². The van der Waals surface area contributed by atoms with E-state index in [0.717, 1.165) is 25.5 Å². The predicted octanol–water partition coefficient (Wildman–Crippen LogP) is 3.55. The summed E-state index contributed by atoms with van der Waals surface area (Å²) in [5, 5.41) is 10.3. The molecular formula is C17H30N4S. The summed E-state index contributed by atoms with van der Waals surface area (Å²) in [6.07, 6.45) is 6.29. The van der Waals surface area contributed by atoms with Gasteiger partial charge in [0.05, 0.1) is 10.7 Å². The third kappa shape index (κ3) is 4.45. The number of guanidine groups is 1. The van der Waals surface area contributed by atoms with Crippen molar-refractivity contribution in [1.29, 1.82) is 0 Å². The normalized spacial score (nSPS) is 17.4. The van der Waals surface area contributed by atoms with E-state index in [1.165, 1.54) is 36.4 Å². The molecule has 2 rings (SSSR count). The van der Waals surface area contributed by atoms with E-state index < -0.39 is 0 Å². The van der Waals surface area contributed by atoms with Crippen LogP contribution >= 0.6 is 11.3 Å². The van der Waals surface area contributed by atoms with Gasteiger partial charge in [0, 0.05) is 37.9 Å². The van der Waals surface area contributed by atoms with Gasteiger partial charge in [-0.1, -0.05) is 27.2 Å². The SMILES string of the molecule is CCC1(CNC(=NC)NCCc2csc(C(C)C)n2)CCC1. The Hall–Kier alpha value is -1.10. The molecule has 0 amide bonds. The summed E-state index contributed by atoms with van der Waals surface area (Å²) in [6, 6.07) is 0. The van der Waals surface area contributed by atoms with Gasteiger partial charge in [-0.15, -0.1) is 11.3 Å². The second-order valence-corrected chi connectivity index (χ2v) is 7.53.